The lowest BCUT2D eigenvalue weighted by atomic mass is 9.97. The maximum absolute atomic E-state index is 13.8. The van der Waals surface area contributed by atoms with E-state index in [2.05, 4.69) is 4.98 Å². The third-order valence-corrected chi connectivity index (χ3v) is 8.23. The number of hydrogen-bond acceptors (Lipinski definition) is 12. The maximum Gasteiger partial charge on any atom is 0.397 e. The van der Waals surface area contributed by atoms with Gasteiger partial charge < -0.3 is 32.8 Å². The number of carbonyl (C=O) groups excluding carboxylic acids is 4. The second kappa shape index (κ2) is 16.0. The van der Waals surface area contributed by atoms with Gasteiger partial charge >= 0.3 is 30.0 Å². The summed E-state index contributed by atoms with van der Waals surface area (Å²) in [5, 5.41) is 0. The van der Waals surface area contributed by atoms with E-state index in [0.29, 0.717) is 11.1 Å². The minimum Gasteiger partial charge on any atom is -0.459 e. The molecular formula is C41H31NO11. The number of ether oxygens (including phenoxy) is 6. The molecule has 1 aromatic heterocycles. The van der Waals surface area contributed by atoms with Gasteiger partial charge in [0.25, 0.3) is 0 Å². The number of para-hydroxylation sites is 2. The largest absolute Gasteiger partial charge is 0.459 e. The number of esters is 4. The van der Waals surface area contributed by atoms with Crippen LogP contribution in [-0.4, -0.2) is 66.2 Å². The van der Waals surface area contributed by atoms with Crippen LogP contribution in [0.15, 0.2) is 150 Å². The van der Waals surface area contributed by atoms with Crippen LogP contribution in [0.2, 0.25) is 0 Å². The number of aromatic nitrogens is 1. The van der Waals surface area contributed by atoms with Crippen molar-refractivity contribution in [3.63, 3.8) is 0 Å². The molecule has 1 aliphatic rings. The van der Waals surface area contributed by atoms with Gasteiger partial charge in [0, 0.05) is 0 Å². The van der Waals surface area contributed by atoms with E-state index >= 15 is 0 Å². The highest BCUT2D eigenvalue weighted by atomic mass is 16.8. The fraction of sp³-hybridized carbons (Fsp3) is 0.146. The van der Waals surface area contributed by atoms with Crippen LogP contribution in [0, 0.1) is 0 Å². The van der Waals surface area contributed by atoms with Crippen molar-refractivity contribution in [2.24, 2.45) is 0 Å². The Bertz CT molecular complexity index is 2140. The molecule has 0 spiro atoms. The van der Waals surface area contributed by atoms with Crippen molar-refractivity contribution in [2.45, 2.75) is 30.7 Å². The minimum atomic E-state index is -1.60. The van der Waals surface area contributed by atoms with Crippen LogP contribution in [-0.2, 0) is 23.7 Å². The number of benzene rings is 5. The Morgan fingerprint density at radius 1 is 0.509 bits per heavy atom. The smallest absolute Gasteiger partial charge is 0.397 e. The molecule has 12 heteroatoms. The number of nitrogens with zero attached hydrogens (tertiary/aromatic N) is 1. The van der Waals surface area contributed by atoms with E-state index in [1.807, 2.05) is 0 Å². The average Bonchev–Trinajstić information content (AvgIpc) is 3.63. The molecule has 1 saturated heterocycles. The Morgan fingerprint density at radius 3 is 1.45 bits per heavy atom. The first-order valence-corrected chi connectivity index (χ1v) is 16.6. The molecule has 5 aromatic carbocycles. The van der Waals surface area contributed by atoms with Crippen LogP contribution in [0.3, 0.4) is 0 Å². The van der Waals surface area contributed by atoms with Gasteiger partial charge in [0.2, 0.25) is 12.4 Å². The summed E-state index contributed by atoms with van der Waals surface area (Å²) < 4.78 is 42.0. The number of hydrogen-bond donors (Lipinski definition) is 0. The Labute approximate surface area is 302 Å². The van der Waals surface area contributed by atoms with Crippen molar-refractivity contribution in [1.82, 2.24) is 4.98 Å². The molecule has 0 radical (unpaired) electrons. The molecule has 0 unspecified atom stereocenters. The van der Waals surface area contributed by atoms with Crippen molar-refractivity contribution < 1.29 is 52.0 Å². The van der Waals surface area contributed by atoms with Crippen LogP contribution in [0.25, 0.3) is 11.1 Å². The summed E-state index contributed by atoms with van der Waals surface area (Å²) in [5.41, 5.74) is 1.60. The molecule has 12 nitrogen and oxygen atoms in total. The van der Waals surface area contributed by atoms with E-state index in [4.69, 9.17) is 32.8 Å². The molecule has 53 heavy (non-hydrogen) atoms. The number of carbonyl (C=O) groups is 4. The molecule has 2 heterocycles. The van der Waals surface area contributed by atoms with Gasteiger partial charge in [-0.05, 0) is 60.7 Å². The van der Waals surface area contributed by atoms with Crippen LogP contribution < -0.4 is 4.74 Å². The monoisotopic (exact) mass is 713 g/mol. The summed E-state index contributed by atoms with van der Waals surface area (Å²) in [5.74, 6) is -3.17. The SMILES string of the molecule is O=C(OC[C@H]1O[C@@H](Oc2nc3ccccc3o2)[C@H](OC(=O)c2ccccc2)[C@@H](OC(=O)c2ccccc2)[C@H]1OC(=O)c1ccccc1)c1ccccc1. The number of fused-ring (bicyclic) bond motifs is 1. The van der Waals surface area contributed by atoms with Crippen molar-refractivity contribution in [3.05, 3.63) is 168 Å². The van der Waals surface area contributed by atoms with E-state index in [0.717, 1.165) is 0 Å². The van der Waals surface area contributed by atoms with Gasteiger partial charge in [-0.1, -0.05) is 84.9 Å². The third kappa shape index (κ3) is 8.24. The van der Waals surface area contributed by atoms with Gasteiger partial charge in [-0.15, -0.1) is 0 Å². The van der Waals surface area contributed by atoms with Gasteiger partial charge in [-0.25, -0.2) is 19.2 Å². The maximum atomic E-state index is 13.8. The van der Waals surface area contributed by atoms with Crippen LogP contribution >= 0.6 is 0 Å². The first kappa shape index (κ1) is 34.6. The standard InChI is InChI=1S/C41H31NO11/c43-36(26-15-5-1-6-16-26)47-25-32-33(50-37(44)27-17-7-2-8-18-27)34(51-38(45)28-19-9-3-10-20-28)35(52-39(46)29-21-11-4-12-22-29)40(48-32)53-41-42-30-23-13-14-24-31(30)49-41/h1-24,32-35,40H,25H2/t32-,33+,34+,35-,40+/m1/s1. The highest BCUT2D eigenvalue weighted by molar-refractivity contribution is 5.91. The molecule has 5 atom stereocenters. The highest BCUT2D eigenvalue weighted by Gasteiger charge is 2.54. The van der Waals surface area contributed by atoms with Gasteiger partial charge in [0.1, 0.15) is 18.2 Å². The van der Waals surface area contributed by atoms with E-state index < -0.39 is 61.2 Å². The molecule has 6 aromatic rings. The fourth-order valence-electron chi connectivity index (χ4n) is 5.62. The second-order valence-electron chi connectivity index (χ2n) is 11.8. The summed E-state index contributed by atoms with van der Waals surface area (Å²) in [7, 11) is 0. The van der Waals surface area contributed by atoms with Crippen molar-refractivity contribution in [3.8, 4) is 6.08 Å². The van der Waals surface area contributed by atoms with Crippen molar-refractivity contribution in [2.75, 3.05) is 6.61 Å². The molecule has 7 rings (SSSR count). The Morgan fingerprint density at radius 2 is 0.943 bits per heavy atom. The summed E-state index contributed by atoms with van der Waals surface area (Å²) in [6, 6.07) is 39.4. The molecule has 266 valence electrons. The third-order valence-electron chi connectivity index (χ3n) is 8.23. The fourth-order valence-corrected chi connectivity index (χ4v) is 5.62. The Kier molecular flexibility index (Phi) is 10.5. The summed E-state index contributed by atoms with van der Waals surface area (Å²) in [6.07, 6.45) is -7.91. The van der Waals surface area contributed by atoms with Crippen LogP contribution in [0.4, 0.5) is 0 Å². The molecule has 1 fully saturated rings. The van der Waals surface area contributed by atoms with Crippen molar-refractivity contribution in [1.29, 1.82) is 0 Å². The van der Waals surface area contributed by atoms with E-state index in [9.17, 15) is 19.2 Å². The molecule has 1 aliphatic heterocycles. The lowest BCUT2D eigenvalue weighted by Gasteiger charge is -2.43. The molecule has 0 bridgehead atoms. The second-order valence-corrected chi connectivity index (χ2v) is 11.8. The normalized spacial score (nSPS) is 19.4. The zero-order valence-corrected chi connectivity index (χ0v) is 27.9. The lowest BCUT2D eigenvalue weighted by molar-refractivity contribution is -0.278. The number of oxazole rings is 1. The van der Waals surface area contributed by atoms with Gasteiger partial charge in [-0.3, -0.25) is 0 Å². The molecule has 0 N–H and O–H groups in total. The minimum absolute atomic E-state index is 0.156. The van der Waals surface area contributed by atoms with Crippen LogP contribution in [0.5, 0.6) is 6.08 Å². The molecular weight excluding hydrogens is 682 g/mol. The zero-order chi connectivity index (χ0) is 36.6. The molecule has 0 amide bonds. The van der Waals surface area contributed by atoms with Gasteiger partial charge in [0.15, 0.2) is 17.8 Å². The first-order valence-electron chi connectivity index (χ1n) is 16.6. The number of rotatable bonds is 11. The summed E-state index contributed by atoms with van der Waals surface area (Å²) in [4.78, 5) is 58.6. The first-order chi connectivity index (χ1) is 25.9. The topological polar surface area (TPSA) is 150 Å². The quantitative estimate of drug-likeness (QED) is 0.107. The highest BCUT2D eigenvalue weighted by Crippen LogP contribution is 2.33. The average molecular weight is 714 g/mol. The predicted octanol–water partition coefficient (Wildman–Crippen LogP) is 6.47. The van der Waals surface area contributed by atoms with Gasteiger partial charge in [0.05, 0.1) is 22.3 Å². The summed E-state index contributed by atoms with van der Waals surface area (Å²) >= 11 is 0. The Balaban J connectivity index is 1.30. The van der Waals surface area contributed by atoms with Crippen molar-refractivity contribution >= 4 is 35.0 Å². The molecule has 0 aliphatic carbocycles. The van der Waals surface area contributed by atoms with E-state index in [1.54, 1.807) is 109 Å². The van der Waals surface area contributed by atoms with E-state index in [1.165, 1.54) is 36.4 Å². The molecule has 0 saturated carbocycles. The lowest BCUT2D eigenvalue weighted by Crippen LogP contribution is -2.64. The van der Waals surface area contributed by atoms with Crippen LogP contribution in [0.1, 0.15) is 41.4 Å². The van der Waals surface area contributed by atoms with Gasteiger partial charge in [-0.2, -0.15) is 4.98 Å². The zero-order valence-electron chi connectivity index (χ0n) is 27.9. The predicted molar refractivity (Wildman–Crippen MR) is 187 cm³/mol. The Hall–Kier alpha value is -6.79. The van der Waals surface area contributed by atoms with E-state index in [-0.39, 0.29) is 28.3 Å². The summed E-state index contributed by atoms with van der Waals surface area (Å²) in [6.45, 7) is -0.507.